The largest absolute Gasteiger partial charge is 0.479 e. The highest BCUT2D eigenvalue weighted by atomic mass is 16.6. The predicted octanol–water partition coefficient (Wildman–Crippen LogP) is 0.376. The van der Waals surface area contributed by atoms with Crippen LogP contribution in [0.2, 0.25) is 0 Å². The molecule has 0 saturated carbocycles. The number of carbonyl (C=O) groups is 3. The van der Waals surface area contributed by atoms with Gasteiger partial charge in [0, 0.05) is 13.8 Å². The van der Waals surface area contributed by atoms with E-state index in [1.54, 1.807) is 0 Å². The van der Waals surface area contributed by atoms with Crippen molar-refractivity contribution in [2.45, 2.75) is 58.7 Å². The minimum atomic E-state index is -1.14. The van der Waals surface area contributed by atoms with Crippen molar-refractivity contribution >= 4 is 23.9 Å². The fraction of sp³-hybridized carbons (Fsp3) is 0.750. The summed E-state index contributed by atoms with van der Waals surface area (Å²) in [6.45, 7) is 4.94. The molecule has 0 radical (unpaired) electrons. The van der Waals surface area contributed by atoms with E-state index < -0.39 is 18.5 Å². The lowest BCUT2D eigenvalue weighted by Gasteiger charge is -2.04. The second-order valence-electron chi connectivity index (χ2n) is 5.26. The fourth-order valence-electron chi connectivity index (χ4n) is 1.37. The maximum absolute atomic E-state index is 10.0. The van der Waals surface area contributed by atoms with E-state index >= 15 is 0 Å². The number of isocyanates is 1. The summed E-state index contributed by atoms with van der Waals surface area (Å²) in [4.78, 5) is 41.9. The highest BCUT2D eigenvalue weighted by Crippen LogP contribution is 2.17. The zero-order valence-electron chi connectivity index (χ0n) is 15.4. The van der Waals surface area contributed by atoms with Crippen molar-refractivity contribution in [3.8, 4) is 0 Å². The molecular formula is C16H28N2O8. The maximum Gasteiger partial charge on any atom is 0.341 e. The highest BCUT2D eigenvalue weighted by Gasteiger charge is 2.21. The Morgan fingerprint density at radius 2 is 2.00 bits per heavy atom. The van der Waals surface area contributed by atoms with Crippen LogP contribution in [-0.4, -0.2) is 66.2 Å². The first-order chi connectivity index (χ1) is 12.2. The van der Waals surface area contributed by atoms with Crippen LogP contribution >= 0.6 is 0 Å². The maximum atomic E-state index is 10.0. The van der Waals surface area contributed by atoms with Gasteiger partial charge in [0.2, 0.25) is 12.0 Å². The standard InChI is InChI=1S/C8H16O2.C4H6N2O2.C4H6O4/c1-2-7(9)4-3-5-8-6-10-8;1-4(8)6-2-5-3-7;1-3(5)8-2-4(6)7/h7-9H,2-6H2,1H3;2H2,1H3,(H,6,8);2H2,1H3,(H,6,7). The van der Waals surface area contributed by atoms with Crippen LogP contribution < -0.4 is 5.32 Å². The van der Waals surface area contributed by atoms with Crippen LogP contribution in [0, 0.1) is 0 Å². The number of carbonyl (C=O) groups excluding carboxylic acids is 3. The average molecular weight is 376 g/mol. The smallest absolute Gasteiger partial charge is 0.341 e. The molecule has 1 saturated heterocycles. The van der Waals surface area contributed by atoms with Gasteiger partial charge in [-0.25, -0.2) is 9.59 Å². The van der Waals surface area contributed by atoms with Crippen LogP contribution in [0.25, 0.3) is 0 Å². The van der Waals surface area contributed by atoms with Gasteiger partial charge in [0.05, 0.1) is 18.8 Å². The van der Waals surface area contributed by atoms with E-state index in [1.165, 1.54) is 13.0 Å². The summed E-state index contributed by atoms with van der Waals surface area (Å²) in [6, 6.07) is 0. The lowest BCUT2D eigenvalue weighted by atomic mass is 10.1. The summed E-state index contributed by atoms with van der Waals surface area (Å²) in [5.74, 6) is -1.92. The van der Waals surface area contributed by atoms with Crippen molar-refractivity contribution in [3.05, 3.63) is 0 Å². The number of aliphatic hydroxyl groups excluding tert-OH is 1. The summed E-state index contributed by atoms with van der Waals surface area (Å²) in [5, 5.41) is 19.3. The number of ether oxygens (including phenoxy) is 2. The Kier molecular flexibility index (Phi) is 17.5. The molecular weight excluding hydrogens is 348 g/mol. The Bertz CT molecular complexity index is 423. The van der Waals surface area contributed by atoms with E-state index in [0.29, 0.717) is 6.10 Å². The van der Waals surface area contributed by atoms with E-state index in [9.17, 15) is 19.2 Å². The molecule has 0 aliphatic carbocycles. The lowest BCUT2D eigenvalue weighted by molar-refractivity contribution is -0.153. The SMILES string of the molecule is CC(=O)NCN=C=O.CC(=O)OCC(=O)O.CCC(O)CCCC1CO1. The number of esters is 1. The number of amides is 1. The van der Waals surface area contributed by atoms with Crippen molar-refractivity contribution in [1.29, 1.82) is 0 Å². The van der Waals surface area contributed by atoms with Crippen LogP contribution in [0.15, 0.2) is 4.99 Å². The summed E-state index contributed by atoms with van der Waals surface area (Å²) in [5.41, 5.74) is 0. The summed E-state index contributed by atoms with van der Waals surface area (Å²) in [7, 11) is 0. The van der Waals surface area contributed by atoms with E-state index in [1.807, 2.05) is 6.92 Å². The molecule has 0 bridgehead atoms. The first-order valence-corrected chi connectivity index (χ1v) is 8.15. The van der Waals surface area contributed by atoms with Crippen molar-refractivity contribution in [1.82, 2.24) is 5.32 Å². The van der Waals surface area contributed by atoms with E-state index in [0.717, 1.165) is 39.2 Å². The molecule has 0 aromatic carbocycles. The summed E-state index contributed by atoms with van der Waals surface area (Å²) < 4.78 is 9.11. The molecule has 10 nitrogen and oxygen atoms in total. The minimum Gasteiger partial charge on any atom is -0.479 e. The number of nitrogens with one attached hydrogen (secondary N) is 1. The van der Waals surface area contributed by atoms with Crippen LogP contribution in [0.5, 0.6) is 0 Å². The van der Waals surface area contributed by atoms with Crippen molar-refractivity contribution in [2.75, 3.05) is 19.9 Å². The van der Waals surface area contributed by atoms with E-state index in [-0.39, 0.29) is 18.7 Å². The number of carboxylic acid groups (broad SMARTS) is 1. The van der Waals surface area contributed by atoms with Gasteiger partial charge in [0.1, 0.15) is 6.67 Å². The molecule has 1 amide bonds. The second-order valence-corrected chi connectivity index (χ2v) is 5.26. The number of aliphatic carboxylic acids is 1. The number of epoxide rings is 1. The molecule has 26 heavy (non-hydrogen) atoms. The van der Waals surface area contributed by atoms with Crippen LogP contribution in [0.1, 0.15) is 46.5 Å². The molecule has 1 fully saturated rings. The number of hydrogen-bond donors (Lipinski definition) is 3. The Balaban J connectivity index is 0. The molecule has 1 aliphatic rings. The zero-order chi connectivity index (χ0) is 20.4. The van der Waals surface area contributed by atoms with Gasteiger partial charge in [-0.1, -0.05) is 6.92 Å². The van der Waals surface area contributed by atoms with E-state index in [2.05, 4.69) is 15.0 Å². The van der Waals surface area contributed by atoms with Gasteiger partial charge in [0.25, 0.3) is 0 Å². The van der Waals surface area contributed by atoms with Gasteiger partial charge in [-0.3, -0.25) is 9.59 Å². The van der Waals surface area contributed by atoms with Crippen molar-refractivity contribution in [3.63, 3.8) is 0 Å². The van der Waals surface area contributed by atoms with Crippen LogP contribution in [0.3, 0.4) is 0 Å². The first kappa shape index (κ1) is 25.9. The Hall–Kier alpha value is -2.29. The number of hydrogen-bond acceptors (Lipinski definition) is 8. The number of nitrogens with zero attached hydrogens (tertiary/aromatic N) is 1. The Morgan fingerprint density at radius 1 is 1.38 bits per heavy atom. The second kappa shape index (κ2) is 17.5. The first-order valence-electron chi connectivity index (χ1n) is 8.15. The normalized spacial score (nSPS) is 14.8. The number of aliphatic hydroxyl groups is 1. The average Bonchev–Trinajstić information content (AvgIpc) is 3.38. The number of rotatable bonds is 9. The van der Waals surface area contributed by atoms with Gasteiger partial charge in [-0.15, -0.1) is 0 Å². The van der Waals surface area contributed by atoms with Gasteiger partial charge in [-0.2, -0.15) is 4.99 Å². The molecule has 0 aromatic rings. The van der Waals surface area contributed by atoms with E-state index in [4.69, 9.17) is 14.9 Å². The van der Waals surface area contributed by atoms with Gasteiger partial charge in [0.15, 0.2) is 6.61 Å². The lowest BCUT2D eigenvalue weighted by Crippen LogP contribution is -2.19. The highest BCUT2D eigenvalue weighted by molar-refractivity contribution is 5.73. The molecule has 0 spiro atoms. The number of carboxylic acids is 1. The van der Waals surface area contributed by atoms with Crippen molar-refractivity contribution < 1.29 is 38.9 Å². The zero-order valence-corrected chi connectivity index (χ0v) is 15.4. The third kappa shape index (κ3) is 26.6. The number of aliphatic imine (C=N–C) groups is 1. The molecule has 10 heteroatoms. The molecule has 1 aliphatic heterocycles. The predicted molar refractivity (Wildman–Crippen MR) is 91.0 cm³/mol. The van der Waals surface area contributed by atoms with Crippen LogP contribution in [-0.2, 0) is 28.7 Å². The molecule has 2 unspecified atom stereocenters. The molecule has 0 aromatic heterocycles. The molecule has 2 atom stereocenters. The molecule has 1 rings (SSSR count). The Labute approximate surface area is 152 Å². The fourth-order valence-corrected chi connectivity index (χ4v) is 1.37. The molecule has 1 heterocycles. The third-order valence-corrected chi connectivity index (χ3v) is 2.81. The van der Waals surface area contributed by atoms with Crippen LogP contribution in [0.4, 0.5) is 0 Å². The summed E-state index contributed by atoms with van der Waals surface area (Å²) >= 11 is 0. The monoisotopic (exact) mass is 376 g/mol. The molecule has 150 valence electrons. The van der Waals surface area contributed by atoms with Gasteiger partial charge >= 0.3 is 11.9 Å². The van der Waals surface area contributed by atoms with Gasteiger partial charge < -0.3 is 25.0 Å². The Morgan fingerprint density at radius 3 is 2.35 bits per heavy atom. The third-order valence-electron chi connectivity index (χ3n) is 2.81. The summed E-state index contributed by atoms with van der Waals surface area (Å²) in [6.07, 6.45) is 5.80. The topological polar surface area (TPSA) is 155 Å². The molecule has 3 N–H and O–H groups in total. The van der Waals surface area contributed by atoms with Crippen molar-refractivity contribution in [2.24, 2.45) is 4.99 Å². The quantitative estimate of drug-likeness (QED) is 0.226. The minimum absolute atomic E-state index is 0.0266. The van der Waals surface area contributed by atoms with Gasteiger partial charge in [-0.05, 0) is 25.7 Å².